The Morgan fingerprint density at radius 2 is 1.70 bits per heavy atom. The quantitative estimate of drug-likeness (QED) is 0.566. The Bertz CT molecular complexity index is 82.2. The predicted octanol–water partition coefficient (Wildman–Crippen LogP) is 3.42. The van der Waals surface area contributed by atoms with E-state index < -0.39 is 12.5 Å². The van der Waals surface area contributed by atoms with Crippen molar-refractivity contribution in [2.45, 2.75) is 3.79 Å². The molecule has 0 aliphatic heterocycles. The van der Waals surface area contributed by atoms with Crippen LogP contribution in [0.5, 0.6) is 0 Å². The van der Waals surface area contributed by atoms with Crippen molar-refractivity contribution in [1.29, 1.82) is 0 Å². The Labute approximate surface area is 87.6 Å². The molecule has 10 heavy (non-hydrogen) atoms. The summed E-state index contributed by atoms with van der Waals surface area (Å²) >= 11 is 15.5. The lowest BCUT2D eigenvalue weighted by Gasteiger charge is -2.04. The summed E-state index contributed by atoms with van der Waals surface area (Å²) in [7, 11) is -0.473. The Morgan fingerprint density at radius 3 is 1.80 bits per heavy atom. The molecule has 0 bridgehead atoms. The summed E-state index contributed by atoms with van der Waals surface area (Å²) in [6.07, 6.45) is 0. The molecule has 0 amide bonds. The Hall–Kier alpha value is 1.51. The van der Waals surface area contributed by atoms with Crippen LogP contribution in [-0.4, -0.2) is 10.4 Å². The second kappa shape index (κ2) is 8.61. The summed E-state index contributed by atoms with van der Waals surface area (Å²) in [6.45, 7) is -0.164. The lowest BCUT2D eigenvalue weighted by Crippen LogP contribution is -2.08. The summed E-state index contributed by atoms with van der Waals surface area (Å²) in [5.74, 6) is 0. The van der Waals surface area contributed by atoms with Gasteiger partial charge in [-0.05, 0) is 0 Å². The second-order valence-electron chi connectivity index (χ2n) is 0.963. The number of alkyl halides is 3. The van der Waals surface area contributed by atoms with E-state index >= 15 is 0 Å². The fourth-order valence-corrected chi connectivity index (χ4v) is 0.738. The summed E-state index contributed by atoms with van der Waals surface area (Å²) < 4.78 is 12.3. The summed E-state index contributed by atoms with van der Waals surface area (Å²) in [5, 5.41) is 0. The van der Waals surface area contributed by atoms with Crippen molar-refractivity contribution in [3.8, 4) is 0 Å². The molecule has 64 valence electrons. The topological polar surface area (TPSA) is 26.3 Å². The van der Waals surface area contributed by atoms with E-state index in [1.807, 2.05) is 0 Å². The van der Waals surface area contributed by atoms with Crippen molar-refractivity contribution in [2.24, 2.45) is 0 Å². The molecule has 0 spiro atoms. The standard InChI is InChI=1S/C2H2Cl3O2P.2ClH/c3-2(4,5)1-7-8-6;;/h1H2;2*1H. The first kappa shape index (κ1) is 17.6. The van der Waals surface area contributed by atoms with E-state index in [-0.39, 0.29) is 31.4 Å². The Kier molecular flexibility index (Phi) is 15.1. The number of hydrogen-bond donors (Lipinski definition) is 0. The molecule has 0 fully saturated rings. The van der Waals surface area contributed by atoms with Crippen LogP contribution in [0.3, 0.4) is 0 Å². The molecule has 0 radical (unpaired) electrons. The monoisotopic (exact) mass is 266 g/mol. The average molecular weight is 268 g/mol. The molecule has 0 aliphatic carbocycles. The zero-order chi connectivity index (χ0) is 6.62. The molecule has 2 nitrogen and oxygen atoms in total. The minimum absolute atomic E-state index is 0. The zero-order valence-corrected chi connectivity index (χ0v) is 9.22. The number of rotatable bonds is 2. The highest BCUT2D eigenvalue weighted by Crippen LogP contribution is 2.26. The zero-order valence-electron chi connectivity index (χ0n) is 4.42. The van der Waals surface area contributed by atoms with Gasteiger partial charge in [0.15, 0.2) is 0 Å². The van der Waals surface area contributed by atoms with Gasteiger partial charge in [-0.25, -0.2) is 4.57 Å². The molecular weight excluding hydrogens is 264 g/mol. The average Bonchev–Trinajstić information content (AvgIpc) is 1.59. The molecule has 0 aliphatic rings. The third-order valence-corrected chi connectivity index (χ3v) is 0.843. The maximum absolute atomic E-state index is 9.55. The molecule has 0 heterocycles. The van der Waals surface area contributed by atoms with Crippen molar-refractivity contribution < 1.29 is 9.09 Å². The third-order valence-electron chi connectivity index (χ3n) is 0.281. The van der Waals surface area contributed by atoms with Crippen LogP contribution >= 0.6 is 68.3 Å². The van der Waals surface area contributed by atoms with Crippen LogP contribution in [0.1, 0.15) is 0 Å². The molecule has 0 aromatic rings. The van der Waals surface area contributed by atoms with Crippen molar-refractivity contribution in [2.75, 3.05) is 6.61 Å². The maximum atomic E-state index is 9.55. The van der Waals surface area contributed by atoms with Crippen LogP contribution in [-0.2, 0) is 9.09 Å². The van der Waals surface area contributed by atoms with E-state index in [2.05, 4.69) is 4.52 Å². The molecular formula is C2H4Cl5O2P. The van der Waals surface area contributed by atoms with E-state index in [4.69, 9.17) is 34.8 Å². The Morgan fingerprint density at radius 1 is 1.30 bits per heavy atom. The van der Waals surface area contributed by atoms with Gasteiger partial charge in [0.1, 0.15) is 6.61 Å². The summed E-state index contributed by atoms with van der Waals surface area (Å²) in [4.78, 5) is 0. The summed E-state index contributed by atoms with van der Waals surface area (Å²) in [5.41, 5.74) is 0. The van der Waals surface area contributed by atoms with Gasteiger partial charge < -0.3 is 0 Å². The van der Waals surface area contributed by atoms with E-state index in [0.29, 0.717) is 0 Å². The first-order valence-corrected chi connectivity index (χ1v) is 3.44. The van der Waals surface area contributed by atoms with Gasteiger partial charge >= 0.3 is 8.69 Å². The van der Waals surface area contributed by atoms with E-state index in [0.717, 1.165) is 0 Å². The highest BCUT2D eigenvalue weighted by molar-refractivity contribution is 7.17. The minimum Gasteiger partial charge on any atom is -0.290 e. The van der Waals surface area contributed by atoms with Gasteiger partial charge in [-0.15, -0.1) is 24.8 Å². The van der Waals surface area contributed by atoms with Gasteiger partial charge in [-0.3, -0.25) is 4.52 Å². The molecule has 0 aromatic heterocycles. The van der Waals surface area contributed by atoms with Crippen molar-refractivity contribution in [3.05, 3.63) is 0 Å². The fraction of sp³-hybridized carbons (Fsp3) is 1.00. The molecule has 0 saturated heterocycles. The van der Waals surface area contributed by atoms with Crippen LogP contribution < -0.4 is 0 Å². The lowest BCUT2D eigenvalue weighted by molar-refractivity contribution is 0.351. The SMILES string of the molecule is Cl.Cl.O=POCC(Cl)(Cl)Cl. The molecule has 0 unspecified atom stereocenters. The molecule has 0 aromatic carbocycles. The highest BCUT2D eigenvalue weighted by Gasteiger charge is 2.19. The van der Waals surface area contributed by atoms with Crippen LogP contribution in [0.15, 0.2) is 0 Å². The smallest absolute Gasteiger partial charge is 0.290 e. The summed E-state index contributed by atoms with van der Waals surface area (Å²) in [6, 6.07) is 0. The first-order valence-electron chi connectivity index (χ1n) is 1.57. The fourth-order valence-electron chi connectivity index (χ4n) is 0.0995. The van der Waals surface area contributed by atoms with Crippen LogP contribution in [0, 0.1) is 0 Å². The van der Waals surface area contributed by atoms with E-state index in [9.17, 15) is 4.57 Å². The van der Waals surface area contributed by atoms with Crippen molar-refractivity contribution in [1.82, 2.24) is 0 Å². The van der Waals surface area contributed by atoms with E-state index in [1.54, 1.807) is 0 Å². The maximum Gasteiger partial charge on any atom is 0.327 e. The predicted molar refractivity (Wildman–Crippen MR) is 48.3 cm³/mol. The lowest BCUT2D eigenvalue weighted by atomic mass is 10.9. The van der Waals surface area contributed by atoms with Gasteiger partial charge in [0.05, 0.1) is 0 Å². The van der Waals surface area contributed by atoms with Crippen molar-refractivity contribution >= 4 is 68.3 Å². The van der Waals surface area contributed by atoms with Crippen LogP contribution in [0.2, 0.25) is 0 Å². The van der Waals surface area contributed by atoms with Gasteiger partial charge in [0, 0.05) is 0 Å². The number of hydrogen-bond acceptors (Lipinski definition) is 2. The van der Waals surface area contributed by atoms with E-state index in [1.165, 1.54) is 0 Å². The molecule has 0 saturated carbocycles. The molecule has 0 N–H and O–H groups in total. The highest BCUT2D eigenvalue weighted by atomic mass is 35.6. The normalized spacial score (nSPS) is 9.90. The molecule has 8 heteroatoms. The second-order valence-corrected chi connectivity index (χ2v) is 3.89. The van der Waals surface area contributed by atoms with Gasteiger partial charge in [-0.1, -0.05) is 34.8 Å². The van der Waals surface area contributed by atoms with Gasteiger partial charge in [-0.2, -0.15) is 0 Å². The van der Waals surface area contributed by atoms with Gasteiger partial charge in [0.25, 0.3) is 0 Å². The number of halogens is 5. The minimum atomic E-state index is -1.46. The third kappa shape index (κ3) is 16.3. The first-order chi connectivity index (χ1) is 3.56. The van der Waals surface area contributed by atoms with Gasteiger partial charge in [0.2, 0.25) is 3.79 Å². The van der Waals surface area contributed by atoms with Crippen molar-refractivity contribution in [3.63, 3.8) is 0 Å². The largest absolute Gasteiger partial charge is 0.327 e. The Balaban J connectivity index is -0.000000245. The van der Waals surface area contributed by atoms with Crippen LogP contribution in [0.4, 0.5) is 0 Å². The van der Waals surface area contributed by atoms with Crippen LogP contribution in [0.25, 0.3) is 0 Å². The molecule has 0 rings (SSSR count). The molecule has 0 atom stereocenters.